The Morgan fingerprint density at radius 1 is 1.19 bits per heavy atom. The SMILES string of the molecule is COc1cc(OCC(=O)N(C)C)c(Cl)cc1Nc1nccc(-c2cc(C#N)c3c(c2)C(C)(C)CN3C(=O)OC(C)(C)C)n1. The Kier molecular flexibility index (Phi) is 8.74. The number of carbonyl (C=O) groups is 2. The molecule has 43 heavy (non-hydrogen) atoms. The van der Waals surface area contributed by atoms with Gasteiger partial charge in [-0.3, -0.25) is 9.69 Å². The van der Waals surface area contributed by atoms with Gasteiger partial charge in [-0.05, 0) is 50.6 Å². The van der Waals surface area contributed by atoms with E-state index in [1.165, 1.54) is 16.9 Å². The van der Waals surface area contributed by atoms with E-state index in [0.29, 0.717) is 46.2 Å². The van der Waals surface area contributed by atoms with Gasteiger partial charge in [-0.2, -0.15) is 5.26 Å². The molecule has 3 aromatic rings. The van der Waals surface area contributed by atoms with Crippen LogP contribution in [0.2, 0.25) is 5.02 Å². The van der Waals surface area contributed by atoms with Crippen molar-refractivity contribution in [1.82, 2.24) is 14.9 Å². The Hall–Kier alpha value is -4.56. The molecule has 226 valence electrons. The number of likely N-dealkylation sites (N-methyl/N-ethyl adjacent to an activating group) is 1. The average molecular weight is 607 g/mol. The summed E-state index contributed by atoms with van der Waals surface area (Å²) in [6, 6.07) is 10.8. The number of hydrogen-bond acceptors (Lipinski definition) is 9. The van der Waals surface area contributed by atoms with E-state index >= 15 is 0 Å². The molecular formula is C31H35ClN6O5. The van der Waals surface area contributed by atoms with E-state index in [0.717, 1.165) is 5.56 Å². The topological polar surface area (TPSA) is 130 Å². The zero-order valence-corrected chi connectivity index (χ0v) is 26.3. The van der Waals surface area contributed by atoms with Crippen LogP contribution >= 0.6 is 11.6 Å². The van der Waals surface area contributed by atoms with Crippen LogP contribution in [0.5, 0.6) is 11.5 Å². The Morgan fingerprint density at radius 3 is 2.53 bits per heavy atom. The Labute approximate surface area is 256 Å². The third-order valence-electron chi connectivity index (χ3n) is 6.70. The number of nitrogens with one attached hydrogen (secondary N) is 1. The number of rotatable bonds is 7. The lowest BCUT2D eigenvalue weighted by Crippen LogP contribution is -2.38. The van der Waals surface area contributed by atoms with Crippen molar-refractivity contribution < 1.29 is 23.8 Å². The summed E-state index contributed by atoms with van der Waals surface area (Å²) in [5, 5.41) is 13.5. The highest BCUT2D eigenvalue weighted by Gasteiger charge is 2.42. The van der Waals surface area contributed by atoms with Crippen LogP contribution in [0.25, 0.3) is 11.3 Å². The van der Waals surface area contributed by atoms with E-state index in [1.54, 1.807) is 44.6 Å². The number of ether oxygens (including phenoxy) is 3. The smallest absolute Gasteiger partial charge is 0.414 e. The molecule has 0 atom stereocenters. The van der Waals surface area contributed by atoms with Gasteiger partial charge in [-0.1, -0.05) is 25.4 Å². The largest absolute Gasteiger partial charge is 0.494 e. The standard InChI is InChI=1S/C31H35ClN6O5/c1-30(2,3)43-29(40)38-17-31(4,5)20-12-18(11-19(15-33)27(20)38)22-9-10-34-28(35-22)36-23-13-21(32)24(14-25(23)41-8)42-16-26(39)37(6)7/h9-14H,16-17H2,1-8H3,(H,34,35,36). The number of amides is 2. The molecule has 11 nitrogen and oxygen atoms in total. The molecule has 0 saturated heterocycles. The molecular weight excluding hydrogens is 572 g/mol. The minimum Gasteiger partial charge on any atom is -0.494 e. The summed E-state index contributed by atoms with van der Waals surface area (Å²) in [6.45, 7) is 9.66. The molecule has 1 aliphatic heterocycles. The fourth-order valence-electron chi connectivity index (χ4n) is 4.59. The maximum Gasteiger partial charge on any atom is 0.414 e. The van der Waals surface area contributed by atoms with Crippen molar-refractivity contribution in [3.05, 3.63) is 52.7 Å². The Balaban J connectivity index is 1.66. The fraction of sp³-hybridized carbons (Fsp3) is 0.387. The minimum absolute atomic E-state index is 0.175. The number of halogens is 1. The van der Waals surface area contributed by atoms with Crippen LogP contribution in [-0.2, 0) is 14.9 Å². The number of fused-ring (bicyclic) bond motifs is 1. The van der Waals surface area contributed by atoms with Gasteiger partial charge >= 0.3 is 6.09 Å². The third kappa shape index (κ3) is 6.92. The highest BCUT2D eigenvalue weighted by molar-refractivity contribution is 6.32. The first-order valence-corrected chi connectivity index (χ1v) is 13.9. The molecule has 2 heterocycles. The summed E-state index contributed by atoms with van der Waals surface area (Å²) in [4.78, 5) is 37.0. The fourth-order valence-corrected chi connectivity index (χ4v) is 4.81. The van der Waals surface area contributed by atoms with Crippen LogP contribution in [-0.4, -0.2) is 66.8 Å². The van der Waals surface area contributed by atoms with Gasteiger partial charge in [-0.25, -0.2) is 14.8 Å². The number of aromatic nitrogens is 2. The van der Waals surface area contributed by atoms with Gasteiger partial charge < -0.3 is 24.4 Å². The number of benzene rings is 2. The van der Waals surface area contributed by atoms with Crippen LogP contribution in [0.3, 0.4) is 0 Å². The highest BCUT2D eigenvalue weighted by atomic mass is 35.5. The van der Waals surface area contributed by atoms with E-state index < -0.39 is 17.1 Å². The number of nitriles is 1. The van der Waals surface area contributed by atoms with Crippen molar-refractivity contribution in [2.24, 2.45) is 0 Å². The molecule has 0 aliphatic carbocycles. The lowest BCUT2D eigenvalue weighted by molar-refractivity contribution is -0.130. The summed E-state index contributed by atoms with van der Waals surface area (Å²) < 4.78 is 16.7. The Morgan fingerprint density at radius 2 is 1.91 bits per heavy atom. The summed E-state index contributed by atoms with van der Waals surface area (Å²) in [7, 11) is 4.77. The first-order valence-electron chi connectivity index (χ1n) is 13.5. The lowest BCUT2D eigenvalue weighted by atomic mass is 9.85. The predicted molar refractivity (Wildman–Crippen MR) is 164 cm³/mol. The summed E-state index contributed by atoms with van der Waals surface area (Å²) in [5.74, 6) is 0.740. The normalized spacial score (nSPS) is 13.5. The number of nitrogens with zero attached hydrogens (tertiary/aromatic N) is 5. The molecule has 0 saturated carbocycles. The van der Waals surface area contributed by atoms with Crippen molar-refractivity contribution >= 4 is 40.9 Å². The average Bonchev–Trinajstić information content (AvgIpc) is 3.21. The van der Waals surface area contributed by atoms with E-state index in [9.17, 15) is 14.9 Å². The van der Waals surface area contributed by atoms with E-state index in [2.05, 4.69) is 21.4 Å². The Bertz CT molecular complexity index is 1610. The highest BCUT2D eigenvalue weighted by Crippen LogP contribution is 2.45. The van der Waals surface area contributed by atoms with Crippen LogP contribution < -0.4 is 19.7 Å². The molecule has 1 N–H and O–H groups in total. The second-order valence-corrected chi connectivity index (χ2v) is 12.3. The van der Waals surface area contributed by atoms with Gasteiger partial charge in [0.2, 0.25) is 5.95 Å². The maximum atomic E-state index is 13.1. The molecule has 2 amide bonds. The van der Waals surface area contributed by atoms with Crippen LogP contribution in [0, 0.1) is 11.3 Å². The van der Waals surface area contributed by atoms with Crippen LogP contribution in [0.15, 0.2) is 36.5 Å². The molecule has 12 heteroatoms. The molecule has 0 unspecified atom stereocenters. The van der Waals surface area contributed by atoms with Crippen molar-refractivity contribution in [2.45, 2.75) is 45.6 Å². The van der Waals surface area contributed by atoms with Crippen molar-refractivity contribution in [3.8, 4) is 28.8 Å². The number of methoxy groups -OCH3 is 1. The van der Waals surface area contributed by atoms with Crippen molar-refractivity contribution in [1.29, 1.82) is 5.26 Å². The van der Waals surface area contributed by atoms with Crippen molar-refractivity contribution in [3.63, 3.8) is 0 Å². The summed E-state index contributed by atoms with van der Waals surface area (Å²) in [5.41, 5.74) is 2.36. The zero-order chi connectivity index (χ0) is 31.7. The van der Waals surface area contributed by atoms with Gasteiger partial charge in [0.05, 0.1) is 34.8 Å². The van der Waals surface area contributed by atoms with Crippen LogP contribution in [0.4, 0.5) is 22.1 Å². The molecule has 0 bridgehead atoms. The van der Waals surface area contributed by atoms with E-state index in [4.69, 9.17) is 25.8 Å². The zero-order valence-electron chi connectivity index (χ0n) is 25.5. The quantitative estimate of drug-likeness (QED) is 0.348. The van der Waals surface area contributed by atoms with Gasteiger partial charge in [0.25, 0.3) is 5.91 Å². The molecule has 0 radical (unpaired) electrons. The summed E-state index contributed by atoms with van der Waals surface area (Å²) >= 11 is 6.44. The second-order valence-electron chi connectivity index (χ2n) is 11.9. The van der Waals surface area contributed by atoms with Crippen LogP contribution in [0.1, 0.15) is 45.7 Å². The second kappa shape index (κ2) is 12.0. The number of carbonyl (C=O) groups excluding carboxylic acids is 2. The summed E-state index contributed by atoms with van der Waals surface area (Å²) in [6.07, 6.45) is 1.10. The van der Waals surface area contributed by atoms with Gasteiger partial charge in [0, 0.05) is 43.9 Å². The lowest BCUT2D eigenvalue weighted by Gasteiger charge is -2.26. The monoisotopic (exact) mass is 606 g/mol. The first kappa shape index (κ1) is 31.4. The van der Waals surface area contributed by atoms with Gasteiger partial charge in [0.1, 0.15) is 23.2 Å². The molecule has 0 fully saturated rings. The molecule has 2 aromatic carbocycles. The predicted octanol–water partition coefficient (Wildman–Crippen LogP) is 5.92. The third-order valence-corrected chi connectivity index (χ3v) is 6.99. The maximum absolute atomic E-state index is 13.1. The molecule has 1 aliphatic rings. The van der Waals surface area contributed by atoms with Gasteiger partial charge in [0.15, 0.2) is 6.61 Å². The number of anilines is 3. The molecule has 1 aromatic heterocycles. The molecule has 0 spiro atoms. The van der Waals surface area contributed by atoms with Gasteiger partial charge in [-0.15, -0.1) is 0 Å². The van der Waals surface area contributed by atoms with E-state index in [-0.39, 0.29) is 23.5 Å². The van der Waals surface area contributed by atoms with Crippen molar-refractivity contribution in [2.75, 3.05) is 44.6 Å². The molecule has 4 rings (SSSR count). The first-order chi connectivity index (χ1) is 20.1. The van der Waals surface area contributed by atoms with E-state index in [1.807, 2.05) is 40.7 Å². The minimum atomic E-state index is -0.674. The number of hydrogen-bond donors (Lipinski definition) is 1.